The second-order valence-corrected chi connectivity index (χ2v) is 6.09. The van der Waals surface area contributed by atoms with Crippen LogP contribution in [0.4, 0.5) is 13.2 Å². The second-order valence-electron chi connectivity index (χ2n) is 6.09. The molecule has 0 saturated carbocycles. The van der Waals surface area contributed by atoms with Crippen LogP contribution in [0.3, 0.4) is 0 Å². The summed E-state index contributed by atoms with van der Waals surface area (Å²) in [6.45, 7) is 5.60. The Kier molecular flexibility index (Phi) is 3.62. The molecule has 0 amide bonds. The number of nitrogens with one attached hydrogen (secondary N) is 1. The molecule has 1 unspecified atom stereocenters. The first-order valence-corrected chi connectivity index (χ1v) is 5.74. The number of halogens is 3. The van der Waals surface area contributed by atoms with Gasteiger partial charge in [0.05, 0.1) is 6.61 Å². The van der Waals surface area contributed by atoms with Crippen LogP contribution in [0.2, 0.25) is 0 Å². The van der Waals surface area contributed by atoms with E-state index in [-0.39, 0.29) is 12.0 Å². The smallest absolute Gasteiger partial charge is 0.393 e. The lowest BCUT2D eigenvalue weighted by molar-refractivity contribution is -0.256. The van der Waals surface area contributed by atoms with E-state index in [1.807, 2.05) is 0 Å². The van der Waals surface area contributed by atoms with Crippen molar-refractivity contribution in [1.29, 1.82) is 0 Å². The first-order valence-electron chi connectivity index (χ1n) is 5.74. The Labute approximate surface area is 105 Å². The third-order valence-electron chi connectivity index (χ3n) is 3.06. The van der Waals surface area contributed by atoms with Crippen LogP contribution < -0.4 is 5.32 Å². The van der Waals surface area contributed by atoms with Crippen LogP contribution in [0.5, 0.6) is 0 Å². The van der Waals surface area contributed by atoms with Gasteiger partial charge in [-0.3, -0.25) is 0 Å². The van der Waals surface area contributed by atoms with Gasteiger partial charge in [0.25, 0.3) is 0 Å². The molecule has 0 aromatic carbocycles. The van der Waals surface area contributed by atoms with E-state index in [9.17, 15) is 18.3 Å². The summed E-state index contributed by atoms with van der Waals surface area (Å²) >= 11 is 0. The Bertz CT molecular complexity index is 361. The zero-order valence-electron chi connectivity index (χ0n) is 11.0. The van der Waals surface area contributed by atoms with Gasteiger partial charge < -0.3 is 15.5 Å². The molecule has 6 heteroatoms. The van der Waals surface area contributed by atoms with Crippen LogP contribution in [0, 0.1) is 0 Å². The molecule has 3 nitrogen and oxygen atoms in total. The summed E-state index contributed by atoms with van der Waals surface area (Å²) in [5.41, 5.74) is -4.61. The van der Waals surface area contributed by atoms with Crippen molar-refractivity contribution in [2.75, 3.05) is 6.61 Å². The van der Waals surface area contributed by atoms with Gasteiger partial charge >= 0.3 is 6.18 Å². The van der Waals surface area contributed by atoms with E-state index >= 15 is 0 Å². The Hall–Kier alpha value is -0.590. The lowest BCUT2D eigenvalue weighted by Crippen LogP contribution is -2.59. The number of alkyl halides is 3. The standard InChI is InChI=1S/C12H20F3NO2/c1-9(2)5-8(6-10(3,4)16-9)11(18,7-17)12(13,14)15/h5,16-18H,6-7H2,1-4H3. The van der Waals surface area contributed by atoms with E-state index in [0.717, 1.165) is 0 Å². The monoisotopic (exact) mass is 267 g/mol. The van der Waals surface area contributed by atoms with E-state index < -0.39 is 29.5 Å². The van der Waals surface area contributed by atoms with Crippen molar-refractivity contribution in [3.63, 3.8) is 0 Å². The molecule has 106 valence electrons. The van der Waals surface area contributed by atoms with Gasteiger partial charge in [-0.05, 0) is 39.7 Å². The van der Waals surface area contributed by atoms with Gasteiger partial charge in [0.1, 0.15) is 0 Å². The highest BCUT2D eigenvalue weighted by Crippen LogP contribution is 2.42. The average Bonchev–Trinajstić information content (AvgIpc) is 2.09. The van der Waals surface area contributed by atoms with Crippen molar-refractivity contribution in [1.82, 2.24) is 5.32 Å². The normalized spacial score (nSPS) is 26.4. The molecule has 1 aliphatic rings. The lowest BCUT2D eigenvalue weighted by atomic mass is 9.76. The molecule has 0 aliphatic carbocycles. The fourth-order valence-electron chi connectivity index (χ4n) is 2.55. The molecule has 1 atom stereocenters. The molecule has 0 fully saturated rings. The minimum Gasteiger partial charge on any atom is -0.393 e. The van der Waals surface area contributed by atoms with Gasteiger partial charge in [-0.15, -0.1) is 0 Å². The van der Waals surface area contributed by atoms with Gasteiger partial charge in [0, 0.05) is 11.1 Å². The summed E-state index contributed by atoms with van der Waals surface area (Å²) in [5.74, 6) is 0. The highest BCUT2D eigenvalue weighted by atomic mass is 19.4. The number of aliphatic hydroxyl groups is 2. The quantitative estimate of drug-likeness (QED) is 0.668. The van der Waals surface area contributed by atoms with Gasteiger partial charge in [-0.1, -0.05) is 6.08 Å². The molecule has 1 rings (SSSR count). The van der Waals surface area contributed by atoms with Crippen molar-refractivity contribution >= 4 is 0 Å². The molecule has 1 aliphatic heterocycles. The van der Waals surface area contributed by atoms with E-state index in [4.69, 9.17) is 5.11 Å². The van der Waals surface area contributed by atoms with Crippen molar-refractivity contribution in [2.45, 2.75) is 57.0 Å². The van der Waals surface area contributed by atoms with Crippen molar-refractivity contribution in [3.8, 4) is 0 Å². The predicted octanol–water partition coefficient (Wildman–Crippen LogP) is 1.75. The summed E-state index contributed by atoms with van der Waals surface area (Å²) in [7, 11) is 0. The fourth-order valence-corrected chi connectivity index (χ4v) is 2.55. The molecule has 0 radical (unpaired) electrons. The van der Waals surface area contributed by atoms with Crippen LogP contribution >= 0.6 is 0 Å². The topological polar surface area (TPSA) is 52.5 Å². The number of hydrogen-bond acceptors (Lipinski definition) is 3. The molecule has 3 N–H and O–H groups in total. The summed E-state index contributed by atoms with van der Waals surface area (Å²) in [5, 5.41) is 21.9. The third kappa shape index (κ3) is 2.87. The predicted molar refractivity (Wildman–Crippen MR) is 62.1 cm³/mol. The molecular weight excluding hydrogens is 247 g/mol. The van der Waals surface area contributed by atoms with Gasteiger partial charge in [-0.2, -0.15) is 13.2 Å². The maximum Gasteiger partial charge on any atom is 0.423 e. The maximum absolute atomic E-state index is 12.9. The van der Waals surface area contributed by atoms with Crippen LogP contribution in [0.25, 0.3) is 0 Å². The summed E-state index contributed by atoms with van der Waals surface area (Å²) < 4.78 is 38.8. The molecular formula is C12H20F3NO2. The first kappa shape index (κ1) is 15.5. The summed E-state index contributed by atoms with van der Waals surface area (Å²) in [4.78, 5) is 0. The van der Waals surface area contributed by atoms with E-state index in [1.54, 1.807) is 27.7 Å². The SMILES string of the molecule is CC1(C)C=C(C(O)(CO)C(F)(F)F)CC(C)(C)N1. The van der Waals surface area contributed by atoms with E-state index in [2.05, 4.69) is 5.32 Å². The van der Waals surface area contributed by atoms with Crippen LogP contribution in [0.1, 0.15) is 34.1 Å². The van der Waals surface area contributed by atoms with Crippen LogP contribution in [-0.2, 0) is 0 Å². The molecule has 0 spiro atoms. The highest BCUT2D eigenvalue weighted by Gasteiger charge is 2.57. The summed E-state index contributed by atoms with van der Waals surface area (Å²) in [6, 6.07) is 0. The molecule has 0 aromatic heterocycles. The van der Waals surface area contributed by atoms with Crippen LogP contribution in [-0.4, -0.2) is 39.7 Å². The van der Waals surface area contributed by atoms with Crippen molar-refractivity contribution < 1.29 is 23.4 Å². The Morgan fingerprint density at radius 1 is 1.28 bits per heavy atom. The zero-order valence-corrected chi connectivity index (χ0v) is 11.0. The zero-order chi connectivity index (χ0) is 14.4. The minimum atomic E-state index is -4.89. The first-order chi connectivity index (χ1) is 7.83. The van der Waals surface area contributed by atoms with Crippen LogP contribution in [0.15, 0.2) is 11.6 Å². The Morgan fingerprint density at radius 2 is 1.78 bits per heavy atom. The molecule has 0 aromatic rings. The molecule has 0 bridgehead atoms. The largest absolute Gasteiger partial charge is 0.423 e. The second kappa shape index (κ2) is 4.21. The molecule has 1 heterocycles. The van der Waals surface area contributed by atoms with Gasteiger partial charge in [0.15, 0.2) is 0 Å². The third-order valence-corrected chi connectivity index (χ3v) is 3.06. The summed E-state index contributed by atoms with van der Waals surface area (Å²) in [6.07, 6.45) is -3.52. The Morgan fingerprint density at radius 3 is 2.11 bits per heavy atom. The van der Waals surface area contributed by atoms with Crippen molar-refractivity contribution in [2.24, 2.45) is 0 Å². The number of hydrogen-bond donors (Lipinski definition) is 3. The lowest BCUT2D eigenvalue weighted by Gasteiger charge is -2.45. The van der Waals surface area contributed by atoms with E-state index in [0.29, 0.717) is 0 Å². The Balaban J connectivity index is 3.26. The minimum absolute atomic E-state index is 0.0208. The van der Waals surface area contributed by atoms with Gasteiger partial charge in [-0.25, -0.2) is 0 Å². The maximum atomic E-state index is 12.9. The molecule has 0 saturated heterocycles. The fraction of sp³-hybridized carbons (Fsp3) is 0.833. The van der Waals surface area contributed by atoms with E-state index in [1.165, 1.54) is 6.08 Å². The highest BCUT2D eigenvalue weighted by molar-refractivity contribution is 5.30. The number of rotatable bonds is 2. The average molecular weight is 267 g/mol. The molecule has 18 heavy (non-hydrogen) atoms. The number of aliphatic hydroxyl groups excluding tert-OH is 1. The van der Waals surface area contributed by atoms with Crippen molar-refractivity contribution in [3.05, 3.63) is 11.6 Å². The van der Waals surface area contributed by atoms with Gasteiger partial charge in [0.2, 0.25) is 5.60 Å².